The minimum atomic E-state index is -0.0590. The molecule has 1 atom stereocenters. The molecule has 3 rings (SSSR count). The summed E-state index contributed by atoms with van der Waals surface area (Å²) in [5.74, 6) is 1.12. The molecule has 0 saturated carbocycles. The number of pyridine rings is 2. The van der Waals surface area contributed by atoms with Crippen LogP contribution in [0.1, 0.15) is 29.3 Å². The SMILES string of the molecule is CC(=O)N(C)[C@H]1CCN(C(=O)c2ccc(NCc3ccc(N)nc3)nc2)C1. The number of rotatable bonds is 5. The second kappa shape index (κ2) is 8.03. The van der Waals surface area contributed by atoms with Gasteiger partial charge in [0, 0.05) is 46.0 Å². The zero-order chi connectivity index (χ0) is 19.4. The first-order valence-corrected chi connectivity index (χ1v) is 8.87. The van der Waals surface area contributed by atoms with Gasteiger partial charge in [-0.05, 0) is 30.2 Å². The van der Waals surface area contributed by atoms with E-state index in [-0.39, 0.29) is 17.9 Å². The summed E-state index contributed by atoms with van der Waals surface area (Å²) in [4.78, 5) is 36.0. The molecule has 2 aromatic rings. The van der Waals surface area contributed by atoms with E-state index in [0.29, 0.717) is 36.8 Å². The molecule has 1 saturated heterocycles. The van der Waals surface area contributed by atoms with Gasteiger partial charge in [-0.1, -0.05) is 6.07 Å². The van der Waals surface area contributed by atoms with E-state index in [2.05, 4.69) is 15.3 Å². The van der Waals surface area contributed by atoms with Crippen LogP contribution in [0, 0.1) is 0 Å². The van der Waals surface area contributed by atoms with Crippen molar-refractivity contribution in [1.82, 2.24) is 19.8 Å². The molecule has 27 heavy (non-hydrogen) atoms. The van der Waals surface area contributed by atoms with E-state index < -0.39 is 0 Å². The molecule has 0 unspecified atom stereocenters. The van der Waals surface area contributed by atoms with Crippen molar-refractivity contribution < 1.29 is 9.59 Å². The zero-order valence-corrected chi connectivity index (χ0v) is 15.6. The molecule has 1 fully saturated rings. The fourth-order valence-electron chi connectivity index (χ4n) is 3.04. The molecule has 1 aliphatic heterocycles. The Morgan fingerprint density at radius 2 is 2.07 bits per heavy atom. The van der Waals surface area contributed by atoms with Crippen LogP contribution in [0.15, 0.2) is 36.7 Å². The molecule has 0 bridgehead atoms. The largest absolute Gasteiger partial charge is 0.384 e. The molecule has 0 radical (unpaired) electrons. The van der Waals surface area contributed by atoms with E-state index in [1.54, 1.807) is 54.4 Å². The summed E-state index contributed by atoms with van der Waals surface area (Å²) in [5.41, 5.74) is 7.10. The van der Waals surface area contributed by atoms with Crippen molar-refractivity contribution in [1.29, 1.82) is 0 Å². The number of nitrogens with one attached hydrogen (secondary N) is 1. The Morgan fingerprint density at radius 1 is 1.26 bits per heavy atom. The first kappa shape index (κ1) is 18.6. The minimum absolute atomic E-state index is 0.0164. The topological polar surface area (TPSA) is 104 Å². The summed E-state index contributed by atoms with van der Waals surface area (Å²) in [6.07, 6.45) is 4.08. The smallest absolute Gasteiger partial charge is 0.255 e. The van der Waals surface area contributed by atoms with E-state index in [1.165, 1.54) is 0 Å². The van der Waals surface area contributed by atoms with Gasteiger partial charge < -0.3 is 20.9 Å². The third-order valence-corrected chi connectivity index (χ3v) is 4.83. The van der Waals surface area contributed by atoms with Crippen LogP contribution in [0.25, 0.3) is 0 Å². The van der Waals surface area contributed by atoms with Crippen molar-refractivity contribution in [3.63, 3.8) is 0 Å². The quantitative estimate of drug-likeness (QED) is 0.826. The van der Waals surface area contributed by atoms with Crippen LogP contribution < -0.4 is 11.1 Å². The molecule has 0 spiro atoms. The predicted molar refractivity (Wildman–Crippen MR) is 103 cm³/mol. The molecule has 0 aliphatic carbocycles. The Balaban J connectivity index is 1.56. The average molecular weight is 368 g/mol. The highest BCUT2D eigenvalue weighted by Gasteiger charge is 2.30. The molecule has 142 valence electrons. The molecule has 3 N–H and O–H groups in total. The average Bonchev–Trinajstić information content (AvgIpc) is 3.17. The minimum Gasteiger partial charge on any atom is -0.384 e. The number of likely N-dealkylation sites (tertiary alicyclic amines) is 1. The molecule has 2 aromatic heterocycles. The van der Waals surface area contributed by atoms with Gasteiger partial charge in [0.15, 0.2) is 0 Å². The molecule has 3 heterocycles. The highest BCUT2D eigenvalue weighted by molar-refractivity contribution is 5.94. The van der Waals surface area contributed by atoms with Crippen LogP contribution in [0.2, 0.25) is 0 Å². The fourth-order valence-corrected chi connectivity index (χ4v) is 3.04. The number of hydrogen-bond donors (Lipinski definition) is 2. The maximum Gasteiger partial charge on any atom is 0.255 e. The van der Waals surface area contributed by atoms with Gasteiger partial charge in [-0.15, -0.1) is 0 Å². The summed E-state index contributed by atoms with van der Waals surface area (Å²) in [7, 11) is 1.78. The van der Waals surface area contributed by atoms with E-state index >= 15 is 0 Å². The number of carbonyl (C=O) groups is 2. The van der Waals surface area contributed by atoms with E-state index in [4.69, 9.17) is 5.73 Å². The zero-order valence-electron chi connectivity index (χ0n) is 15.6. The highest BCUT2D eigenvalue weighted by atomic mass is 16.2. The van der Waals surface area contributed by atoms with Crippen molar-refractivity contribution in [2.75, 3.05) is 31.2 Å². The molecular weight excluding hydrogens is 344 g/mol. The highest BCUT2D eigenvalue weighted by Crippen LogP contribution is 2.18. The van der Waals surface area contributed by atoms with Crippen molar-refractivity contribution >= 4 is 23.5 Å². The second-order valence-electron chi connectivity index (χ2n) is 6.70. The lowest BCUT2D eigenvalue weighted by Crippen LogP contribution is -2.38. The lowest BCUT2D eigenvalue weighted by molar-refractivity contribution is -0.129. The summed E-state index contributed by atoms with van der Waals surface area (Å²) in [6, 6.07) is 7.27. The van der Waals surface area contributed by atoms with Crippen molar-refractivity contribution in [2.45, 2.75) is 25.9 Å². The summed E-state index contributed by atoms with van der Waals surface area (Å²) in [6.45, 7) is 3.31. The number of anilines is 2. The van der Waals surface area contributed by atoms with Gasteiger partial charge in [-0.2, -0.15) is 0 Å². The molecule has 8 nitrogen and oxygen atoms in total. The molecule has 1 aliphatic rings. The van der Waals surface area contributed by atoms with Crippen molar-refractivity contribution in [2.24, 2.45) is 0 Å². The standard InChI is InChI=1S/C19H24N6O2/c1-13(26)24(2)16-7-8-25(12-16)19(27)15-4-6-18(23-11-15)22-10-14-3-5-17(20)21-9-14/h3-6,9,11,16H,7-8,10,12H2,1-2H3,(H2,20,21)(H,22,23)/t16-/m0/s1. The Morgan fingerprint density at radius 3 is 2.70 bits per heavy atom. The first-order valence-electron chi connectivity index (χ1n) is 8.87. The summed E-state index contributed by atoms with van der Waals surface area (Å²) < 4.78 is 0. The predicted octanol–water partition coefficient (Wildman–Crippen LogP) is 1.36. The Kier molecular flexibility index (Phi) is 5.54. The van der Waals surface area contributed by atoms with Gasteiger partial charge in [0.05, 0.1) is 11.6 Å². The van der Waals surface area contributed by atoms with E-state index in [1.807, 2.05) is 6.07 Å². The molecule has 0 aromatic carbocycles. The lowest BCUT2D eigenvalue weighted by atomic mass is 10.2. The maximum atomic E-state index is 12.6. The van der Waals surface area contributed by atoms with Gasteiger partial charge in [0.2, 0.25) is 5.91 Å². The maximum absolute atomic E-state index is 12.6. The third kappa shape index (κ3) is 4.52. The van der Waals surface area contributed by atoms with Crippen LogP contribution >= 0.6 is 0 Å². The van der Waals surface area contributed by atoms with Gasteiger partial charge in [-0.3, -0.25) is 9.59 Å². The Bertz CT molecular complexity index is 806. The molecular formula is C19H24N6O2. The van der Waals surface area contributed by atoms with Crippen LogP contribution in [-0.2, 0) is 11.3 Å². The fraction of sp³-hybridized carbons (Fsp3) is 0.368. The van der Waals surface area contributed by atoms with Gasteiger partial charge in [0.1, 0.15) is 11.6 Å². The third-order valence-electron chi connectivity index (χ3n) is 4.83. The van der Waals surface area contributed by atoms with E-state index in [0.717, 1.165) is 12.0 Å². The van der Waals surface area contributed by atoms with Crippen LogP contribution in [-0.4, -0.2) is 57.8 Å². The number of amides is 2. The Labute approximate surface area is 158 Å². The van der Waals surface area contributed by atoms with Crippen LogP contribution in [0.3, 0.4) is 0 Å². The number of nitrogens with zero attached hydrogens (tertiary/aromatic N) is 4. The number of aromatic nitrogens is 2. The number of carbonyl (C=O) groups excluding carboxylic acids is 2. The van der Waals surface area contributed by atoms with Gasteiger partial charge in [-0.25, -0.2) is 9.97 Å². The summed E-state index contributed by atoms with van der Waals surface area (Å²) in [5, 5.41) is 3.19. The number of likely N-dealkylation sites (N-methyl/N-ethyl adjacent to an activating group) is 1. The summed E-state index contributed by atoms with van der Waals surface area (Å²) >= 11 is 0. The van der Waals surface area contributed by atoms with Crippen LogP contribution in [0.4, 0.5) is 11.6 Å². The van der Waals surface area contributed by atoms with E-state index in [9.17, 15) is 9.59 Å². The van der Waals surface area contributed by atoms with Crippen molar-refractivity contribution in [3.05, 3.63) is 47.8 Å². The lowest BCUT2D eigenvalue weighted by Gasteiger charge is -2.23. The molecule has 2 amide bonds. The number of hydrogen-bond acceptors (Lipinski definition) is 6. The van der Waals surface area contributed by atoms with Crippen LogP contribution in [0.5, 0.6) is 0 Å². The van der Waals surface area contributed by atoms with Gasteiger partial charge >= 0.3 is 0 Å². The Hall–Kier alpha value is -3.16. The van der Waals surface area contributed by atoms with Gasteiger partial charge in [0.25, 0.3) is 5.91 Å². The number of nitrogens with two attached hydrogens (primary N) is 1. The second-order valence-corrected chi connectivity index (χ2v) is 6.70. The number of nitrogen functional groups attached to an aromatic ring is 1. The normalized spacial score (nSPS) is 16.2. The van der Waals surface area contributed by atoms with Crippen molar-refractivity contribution in [3.8, 4) is 0 Å². The molecule has 8 heteroatoms. The monoisotopic (exact) mass is 368 g/mol. The first-order chi connectivity index (χ1) is 12.9.